The van der Waals surface area contributed by atoms with E-state index in [0.29, 0.717) is 13.0 Å². The Hall–Kier alpha value is -3.01. The molecule has 0 saturated heterocycles. The van der Waals surface area contributed by atoms with Crippen LogP contribution in [0.15, 0.2) is 66.7 Å². The third-order valence-corrected chi connectivity index (χ3v) is 4.03. The summed E-state index contributed by atoms with van der Waals surface area (Å²) in [5, 5.41) is 9.06. The van der Waals surface area contributed by atoms with Crippen LogP contribution in [0, 0.1) is 0 Å². The molecule has 4 heteroatoms. The van der Waals surface area contributed by atoms with Gasteiger partial charge in [0.25, 0.3) is 0 Å². The van der Waals surface area contributed by atoms with Crippen molar-refractivity contribution in [2.45, 2.75) is 19.8 Å². The molecule has 2 aromatic carbocycles. The van der Waals surface area contributed by atoms with Gasteiger partial charge in [0.1, 0.15) is 5.75 Å². The van der Waals surface area contributed by atoms with Gasteiger partial charge in [-0.25, -0.2) is 0 Å². The number of carboxylic acid groups (broad SMARTS) is 1. The van der Waals surface area contributed by atoms with Crippen molar-refractivity contribution in [2.75, 3.05) is 6.61 Å². The summed E-state index contributed by atoms with van der Waals surface area (Å²) in [6.07, 6.45) is 0.553. The minimum Gasteiger partial charge on any atom is -0.492 e. The highest BCUT2D eigenvalue weighted by molar-refractivity contribution is 5.68. The van der Waals surface area contributed by atoms with Gasteiger partial charge in [-0.3, -0.25) is 4.79 Å². The van der Waals surface area contributed by atoms with Crippen LogP contribution in [0.3, 0.4) is 0 Å². The molecule has 1 heterocycles. The highest BCUT2D eigenvalue weighted by atomic mass is 16.5. The van der Waals surface area contributed by atoms with Crippen molar-refractivity contribution in [3.05, 3.63) is 72.4 Å². The molecule has 0 spiro atoms. The second-order valence-corrected chi connectivity index (χ2v) is 5.71. The van der Waals surface area contributed by atoms with Crippen molar-refractivity contribution >= 4 is 5.97 Å². The number of benzene rings is 2. The van der Waals surface area contributed by atoms with Gasteiger partial charge in [-0.05, 0) is 43.2 Å². The summed E-state index contributed by atoms with van der Waals surface area (Å²) in [6.45, 7) is 2.53. The van der Waals surface area contributed by atoms with E-state index in [4.69, 9.17) is 9.84 Å². The molecule has 0 saturated carbocycles. The summed E-state index contributed by atoms with van der Waals surface area (Å²) in [5.41, 5.74) is 3.98. The standard InChI is InChI=1S/C21H21NO3/c1-2-25-20-11-7-6-10-19(20)22-17(13-15-21(23)24)12-14-18(22)16-8-4-3-5-9-16/h3-12,14H,2,13,15H2,1H3,(H,23,24). The minimum absolute atomic E-state index is 0.0923. The third-order valence-electron chi connectivity index (χ3n) is 4.03. The number of para-hydroxylation sites is 2. The third kappa shape index (κ3) is 3.74. The van der Waals surface area contributed by atoms with E-state index in [2.05, 4.69) is 16.7 Å². The first kappa shape index (κ1) is 16.8. The molecule has 4 nitrogen and oxygen atoms in total. The lowest BCUT2D eigenvalue weighted by Crippen LogP contribution is -2.07. The van der Waals surface area contributed by atoms with Crippen LogP contribution < -0.4 is 4.74 Å². The van der Waals surface area contributed by atoms with Gasteiger partial charge in [-0.15, -0.1) is 0 Å². The Balaban J connectivity index is 2.15. The second-order valence-electron chi connectivity index (χ2n) is 5.71. The van der Waals surface area contributed by atoms with Gasteiger partial charge in [0.15, 0.2) is 0 Å². The number of carboxylic acids is 1. The quantitative estimate of drug-likeness (QED) is 0.688. The predicted molar refractivity (Wildman–Crippen MR) is 98.3 cm³/mol. The summed E-state index contributed by atoms with van der Waals surface area (Å²) < 4.78 is 7.90. The number of nitrogens with zero attached hydrogens (tertiary/aromatic N) is 1. The highest BCUT2D eigenvalue weighted by Gasteiger charge is 2.16. The molecule has 3 rings (SSSR count). The molecule has 0 unspecified atom stereocenters. The predicted octanol–water partition coefficient (Wildman–Crippen LogP) is 4.56. The fourth-order valence-electron chi connectivity index (χ4n) is 2.95. The molecule has 128 valence electrons. The molecule has 0 aliphatic heterocycles. The Labute approximate surface area is 147 Å². The molecule has 0 fully saturated rings. The first-order valence-corrected chi connectivity index (χ1v) is 8.40. The van der Waals surface area contributed by atoms with Crippen molar-refractivity contribution < 1.29 is 14.6 Å². The molecule has 1 N–H and O–H groups in total. The van der Waals surface area contributed by atoms with Gasteiger partial charge in [-0.2, -0.15) is 0 Å². The number of aryl methyl sites for hydroxylation is 1. The number of rotatable bonds is 7. The molecule has 3 aromatic rings. The topological polar surface area (TPSA) is 51.5 Å². The Bertz CT molecular complexity index is 853. The first-order valence-electron chi connectivity index (χ1n) is 8.40. The maximum atomic E-state index is 11.0. The maximum Gasteiger partial charge on any atom is 0.303 e. The molecule has 0 aliphatic carbocycles. The van der Waals surface area contributed by atoms with Crippen LogP contribution in [0.4, 0.5) is 0 Å². The Morgan fingerprint density at radius 2 is 1.72 bits per heavy atom. The van der Waals surface area contributed by atoms with Crippen LogP contribution >= 0.6 is 0 Å². The molecule has 0 amide bonds. The fourth-order valence-corrected chi connectivity index (χ4v) is 2.95. The van der Waals surface area contributed by atoms with E-state index in [9.17, 15) is 4.79 Å². The van der Waals surface area contributed by atoms with Crippen molar-refractivity contribution in [1.29, 1.82) is 0 Å². The smallest absolute Gasteiger partial charge is 0.303 e. The normalized spacial score (nSPS) is 10.6. The van der Waals surface area contributed by atoms with Crippen molar-refractivity contribution in [3.63, 3.8) is 0 Å². The monoisotopic (exact) mass is 335 g/mol. The maximum absolute atomic E-state index is 11.0. The molecule has 0 aliphatic rings. The van der Waals surface area contributed by atoms with E-state index in [1.807, 2.05) is 61.5 Å². The molecular formula is C21H21NO3. The van der Waals surface area contributed by atoms with Crippen LogP contribution in [0.2, 0.25) is 0 Å². The SMILES string of the molecule is CCOc1ccccc1-n1c(CCC(=O)O)ccc1-c1ccccc1. The van der Waals surface area contributed by atoms with Gasteiger partial charge in [-0.1, -0.05) is 42.5 Å². The minimum atomic E-state index is -0.799. The molecular weight excluding hydrogens is 314 g/mol. The van der Waals surface area contributed by atoms with E-state index >= 15 is 0 Å². The first-order chi connectivity index (χ1) is 12.2. The molecule has 1 aromatic heterocycles. The summed E-state index contributed by atoms with van der Waals surface area (Å²) in [5.74, 6) is -0.0120. The number of aliphatic carboxylic acids is 1. The number of hydrogen-bond donors (Lipinski definition) is 1. The van der Waals surface area contributed by atoms with Gasteiger partial charge >= 0.3 is 5.97 Å². The molecule has 0 atom stereocenters. The van der Waals surface area contributed by atoms with Gasteiger partial charge in [0, 0.05) is 5.69 Å². The number of hydrogen-bond acceptors (Lipinski definition) is 2. The summed E-state index contributed by atoms with van der Waals surface area (Å²) in [4.78, 5) is 11.0. The van der Waals surface area contributed by atoms with Crippen LogP contribution in [0.25, 0.3) is 16.9 Å². The summed E-state index contributed by atoms with van der Waals surface area (Å²) in [7, 11) is 0. The van der Waals surface area contributed by atoms with Gasteiger partial charge in [0.05, 0.1) is 24.4 Å². The Morgan fingerprint density at radius 3 is 2.44 bits per heavy atom. The van der Waals surface area contributed by atoms with Crippen LogP contribution in [-0.2, 0) is 11.2 Å². The number of ether oxygens (including phenoxy) is 1. The van der Waals surface area contributed by atoms with E-state index in [-0.39, 0.29) is 6.42 Å². The average molecular weight is 335 g/mol. The zero-order valence-electron chi connectivity index (χ0n) is 14.2. The van der Waals surface area contributed by atoms with Crippen molar-refractivity contribution in [1.82, 2.24) is 4.57 Å². The van der Waals surface area contributed by atoms with E-state index in [1.54, 1.807) is 0 Å². The van der Waals surface area contributed by atoms with Crippen LogP contribution in [-0.4, -0.2) is 22.2 Å². The lowest BCUT2D eigenvalue weighted by atomic mass is 10.1. The molecule has 0 radical (unpaired) electrons. The lowest BCUT2D eigenvalue weighted by molar-refractivity contribution is -0.136. The second kappa shape index (κ2) is 7.71. The van der Waals surface area contributed by atoms with Crippen molar-refractivity contribution in [3.8, 4) is 22.7 Å². The highest BCUT2D eigenvalue weighted by Crippen LogP contribution is 2.32. The summed E-state index contributed by atoms with van der Waals surface area (Å²) >= 11 is 0. The fraction of sp³-hybridized carbons (Fsp3) is 0.190. The summed E-state index contributed by atoms with van der Waals surface area (Å²) in [6, 6.07) is 22.0. The van der Waals surface area contributed by atoms with Crippen LogP contribution in [0.5, 0.6) is 5.75 Å². The number of carbonyl (C=O) groups is 1. The lowest BCUT2D eigenvalue weighted by Gasteiger charge is -2.17. The largest absolute Gasteiger partial charge is 0.492 e. The Kier molecular flexibility index (Phi) is 5.19. The zero-order chi connectivity index (χ0) is 17.6. The molecule has 0 bridgehead atoms. The van der Waals surface area contributed by atoms with E-state index < -0.39 is 5.97 Å². The zero-order valence-corrected chi connectivity index (χ0v) is 14.2. The van der Waals surface area contributed by atoms with Gasteiger partial charge < -0.3 is 14.4 Å². The van der Waals surface area contributed by atoms with Gasteiger partial charge in [0.2, 0.25) is 0 Å². The Morgan fingerprint density at radius 1 is 1.00 bits per heavy atom. The van der Waals surface area contributed by atoms with Crippen molar-refractivity contribution in [2.24, 2.45) is 0 Å². The molecule has 25 heavy (non-hydrogen) atoms. The van der Waals surface area contributed by atoms with Crippen LogP contribution in [0.1, 0.15) is 19.0 Å². The number of aromatic nitrogens is 1. The average Bonchev–Trinajstić information content (AvgIpc) is 3.05. The van der Waals surface area contributed by atoms with E-state index in [0.717, 1.165) is 28.4 Å². The van der Waals surface area contributed by atoms with E-state index in [1.165, 1.54) is 0 Å².